The maximum Gasteiger partial charge on any atom is 0.340 e. The first-order valence-electron chi connectivity index (χ1n) is 5.77. The Kier molecular flexibility index (Phi) is 4.72. The third kappa shape index (κ3) is 3.82. The molecule has 0 aliphatic heterocycles. The molecule has 0 aliphatic carbocycles. The van der Waals surface area contributed by atoms with Gasteiger partial charge < -0.3 is 20.5 Å². The van der Waals surface area contributed by atoms with Gasteiger partial charge in [-0.2, -0.15) is 0 Å². The number of carbonyl (C=O) groups excluding carboxylic acids is 1. The maximum absolute atomic E-state index is 13.7. The third-order valence-electron chi connectivity index (χ3n) is 2.80. The van der Waals surface area contributed by atoms with Crippen molar-refractivity contribution in [1.29, 1.82) is 0 Å². The zero-order chi connectivity index (χ0) is 14.6. The van der Waals surface area contributed by atoms with Gasteiger partial charge in [-0.3, -0.25) is 0 Å². The van der Waals surface area contributed by atoms with Gasteiger partial charge in [0.1, 0.15) is 5.82 Å². The van der Waals surface area contributed by atoms with E-state index in [0.717, 1.165) is 6.07 Å². The number of ether oxygens (including phenoxy) is 2. The van der Waals surface area contributed by atoms with E-state index in [1.165, 1.54) is 13.2 Å². The Morgan fingerprint density at radius 3 is 2.58 bits per heavy atom. The minimum atomic E-state index is -0.605. The standard InChI is InChI=1S/C13H19FN2O3/c1-13(2,19-4)7-16-11-5-8(12(17)18-3)10(15)6-9(11)14/h5-6,16H,7,15H2,1-4H3. The molecule has 6 heteroatoms. The number of nitrogens with two attached hydrogens (primary N) is 1. The zero-order valence-electron chi connectivity index (χ0n) is 11.5. The van der Waals surface area contributed by atoms with E-state index in [1.54, 1.807) is 7.11 Å². The van der Waals surface area contributed by atoms with Gasteiger partial charge in [-0.25, -0.2) is 9.18 Å². The van der Waals surface area contributed by atoms with E-state index in [0.29, 0.717) is 6.54 Å². The van der Waals surface area contributed by atoms with E-state index in [4.69, 9.17) is 10.5 Å². The summed E-state index contributed by atoms with van der Waals surface area (Å²) in [5, 5.41) is 2.89. The van der Waals surface area contributed by atoms with Crippen molar-refractivity contribution in [2.75, 3.05) is 31.8 Å². The fourth-order valence-corrected chi connectivity index (χ4v) is 1.39. The summed E-state index contributed by atoms with van der Waals surface area (Å²) >= 11 is 0. The second kappa shape index (κ2) is 5.88. The molecule has 3 N–H and O–H groups in total. The number of hydrogen-bond acceptors (Lipinski definition) is 5. The van der Waals surface area contributed by atoms with Crippen molar-refractivity contribution < 1.29 is 18.7 Å². The van der Waals surface area contributed by atoms with Gasteiger partial charge in [-0.05, 0) is 26.0 Å². The van der Waals surface area contributed by atoms with E-state index in [-0.39, 0.29) is 16.9 Å². The van der Waals surface area contributed by atoms with Crippen molar-refractivity contribution in [3.8, 4) is 0 Å². The minimum Gasteiger partial charge on any atom is -0.465 e. The van der Waals surface area contributed by atoms with Crippen LogP contribution >= 0.6 is 0 Å². The summed E-state index contributed by atoms with van der Waals surface area (Å²) in [5.41, 5.74) is 5.47. The van der Waals surface area contributed by atoms with Crippen LogP contribution in [0.4, 0.5) is 15.8 Å². The van der Waals surface area contributed by atoms with Crippen molar-refractivity contribution in [3.05, 3.63) is 23.5 Å². The first kappa shape index (κ1) is 15.2. The van der Waals surface area contributed by atoms with Gasteiger partial charge >= 0.3 is 5.97 Å². The smallest absolute Gasteiger partial charge is 0.340 e. The van der Waals surface area contributed by atoms with Crippen LogP contribution in [-0.2, 0) is 9.47 Å². The summed E-state index contributed by atoms with van der Waals surface area (Å²) in [4.78, 5) is 11.5. The van der Waals surface area contributed by atoms with E-state index in [1.807, 2.05) is 13.8 Å². The molecule has 0 atom stereocenters. The molecule has 19 heavy (non-hydrogen) atoms. The van der Waals surface area contributed by atoms with E-state index in [9.17, 15) is 9.18 Å². The first-order valence-corrected chi connectivity index (χ1v) is 5.77. The minimum absolute atomic E-state index is 0.0425. The summed E-state index contributed by atoms with van der Waals surface area (Å²) in [5.74, 6) is -1.14. The van der Waals surface area contributed by atoms with Gasteiger partial charge in [0.15, 0.2) is 0 Å². The molecule has 0 aromatic heterocycles. The number of halogens is 1. The Hall–Kier alpha value is -1.82. The Labute approximate surface area is 111 Å². The number of nitrogen functional groups attached to an aromatic ring is 1. The van der Waals surface area contributed by atoms with E-state index >= 15 is 0 Å². The van der Waals surface area contributed by atoms with Crippen molar-refractivity contribution in [3.63, 3.8) is 0 Å². The Morgan fingerprint density at radius 1 is 1.42 bits per heavy atom. The molecule has 0 saturated heterocycles. The van der Waals surface area contributed by atoms with Crippen LogP contribution in [0, 0.1) is 5.82 Å². The molecule has 0 heterocycles. The molecule has 0 amide bonds. The van der Waals surface area contributed by atoms with Crippen LogP contribution in [-0.4, -0.2) is 32.3 Å². The maximum atomic E-state index is 13.7. The average molecular weight is 270 g/mol. The van der Waals surface area contributed by atoms with E-state index < -0.39 is 17.4 Å². The number of hydrogen-bond donors (Lipinski definition) is 2. The van der Waals surface area contributed by atoms with Crippen LogP contribution in [0.5, 0.6) is 0 Å². The molecule has 0 aliphatic rings. The molecule has 1 rings (SSSR count). The predicted molar refractivity (Wildman–Crippen MR) is 71.7 cm³/mol. The van der Waals surface area contributed by atoms with Gasteiger partial charge in [-0.1, -0.05) is 0 Å². The highest BCUT2D eigenvalue weighted by atomic mass is 19.1. The van der Waals surface area contributed by atoms with Gasteiger partial charge in [-0.15, -0.1) is 0 Å². The molecule has 1 aromatic carbocycles. The van der Waals surface area contributed by atoms with Crippen LogP contribution in [0.3, 0.4) is 0 Å². The summed E-state index contributed by atoms with van der Waals surface area (Å²) in [6, 6.07) is 2.43. The normalized spacial score (nSPS) is 11.2. The fourth-order valence-electron chi connectivity index (χ4n) is 1.39. The molecule has 0 radical (unpaired) electrons. The SMILES string of the molecule is COC(=O)c1cc(NCC(C)(C)OC)c(F)cc1N. The van der Waals surface area contributed by atoms with Gasteiger partial charge in [0.2, 0.25) is 0 Å². The Bertz CT molecular complexity index is 475. The Balaban J connectivity index is 2.98. The monoisotopic (exact) mass is 270 g/mol. The number of rotatable bonds is 5. The highest BCUT2D eigenvalue weighted by Gasteiger charge is 2.19. The van der Waals surface area contributed by atoms with Crippen LogP contribution in [0.2, 0.25) is 0 Å². The topological polar surface area (TPSA) is 73.6 Å². The lowest BCUT2D eigenvalue weighted by Gasteiger charge is -2.24. The molecule has 0 spiro atoms. The molecule has 0 bridgehead atoms. The van der Waals surface area contributed by atoms with Gasteiger partial charge in [0.05, 0.1) is 24.0 Å². The highest BCUT2D eigenvalue weighted by molar-refractivity contribution is 5.96. The highest BCUT2D eigenvalue weighted by Crippen LogP contribution is 2.23. The molecular formula is C13H19FN2O3. The Morgan fingerprint density at radius 2 is 2.05 bits per heavy atom. The van der Waals surface area contributed by atoms with Crippen LogP contribution in [0.15, 0.2) is 12.1 Å². The summed E-state index contributed by atoms with van der Waals surface area (Å²) in [7, 11) is 2.81. The summed E-state index contributed by atoms with van der Waals surface area (Å²) in [6.07, 6.45) is 0. The van der Waals surface area contributed by atoms with Crippen molar-refractivity contribution >= 4 is 17.3 Å². The number of methoxy groups -OCH3 is 2. The average Bonchev–Trinajstić information content (AvgIpc) is 2.37. The number of anilines is 2. The van der Waals surface area contributed by atoms with Crippen LogP contribution in [0.1, 0.15) is 24.2 Å². The quantitative estimate of drug-likeness (QED) is 0.632. The molecule has 1 aromatic rings. The molecule has 0 fully saturated rings. The van der Waals surface area contributed by atoms with Crippen molar-refractivity contribution in [2.45, 2.75) is 19.4 Å². The number of benzene rings is 1. The second-order valence-corrected chi connectivity index (χ2v) is 4.73. The second-order valence-electron chi connectivity index (χ2n) is 4.73. The molecular weight excluding hydrogens is 251 g/mol. The van der Waals surface area contributed by atoms with Gasteiger partial charge in [0, 0.05) is 19.3 Å². The van der Waals surface area contributed by atoms with Crippen LogP contribution < -0.4 is 11.1 Å². The zero-order valence-corrected chi connectivity index (χ0v) is 11.5. The number of carbonyl (C=O) groups is 1. The molecule has 106 valence electrons. The first-order chi connectivity index (χ1) is 8.80. The molecule has 5 nitrogen and oxygen atoms in total. The van der Waals surface area contributed by atoms with E-state index in [2.05, 4.69) is 10.1 Å². The van der Waals surface area contributed by atoms with Crippen molar-refractivity contribution in [2.24, 2.45) is 0 Å². The lowest BCUT2D eigenvalue weighted by molar-refractivity contribution is 0.0343. The summed E-state index contributed by atoms with van der Waals surface area (Å²) < 4.78 is 23.5. The predicted octanol–water partition coefficient (Wildman–Crippen LogP) is 2.03. The van der Waals surface area contributed by atoms with Crippen LogP contribution in [0.25, 0.3) is 0 Å². The third-order valence-corrected chi connectivity index (χ3v) is 2.80. The molecule has 0 unspecified atom stereocenters. The number of esters is 1. The lowest BCUT2D eigenvalue weighted by Crippen LogP contribution is -2.32. The fraction of sp³-hybridized carbons (Fsp3) is 0.462. The largest absolute Gasteiger partial charge is 0.465 e. The van der Waals surface area contributed by atoms with Crippen molar-refractivity contribution in [1.82, 2.24) is 0 Å². The lowest BCUT2D eigenvalue weighted by atomic mass is 10.1. The summed E-state index contributed by atoms with van der Waals surface area (Å²) in [6.45, 7) is 4.10. The van der Waals surface area contributed by atoms with Gasteiger partial charge in [0.25, 0.3) is 0 Å². The molecule has 0 saturated carbocycles. The number of nitrogens with one attached hydrogen (secondary N) is 1.